The molecule has 0 amide bonds. The minimum Gasteiger partial charge on any atom is -0.466 e. The number of nitrogens with zero attached hydrogens (tertiary/aromatic N) is 1. The molecule has 0 saturated carbocycles. The smallest absolute Gasteiger partial charge is 0.350 e. The normalized spacial score (nSPS) is 13.6. The van der Waals surface area contributed by atoms with Crippen LogP contribution < -0.4 is 0 Å². The highest BCUT2D eigenvalue weighted by Gasteiger charge is 2.27. The number of ether oxygens (including phenoxy) is 2. The van der Waals surface area contributed by atoms with Crippen LogP contribution in [-0.2, 0) is 14.3 Å². The largest absolute Gasteiger partial charge is 0.466 e. The number of aliphatic hydroxyl groups excluding tert-OH is 2. The molecular formula is C13H19NO6S. The van der Waals surface area contributed by atoms with Gasteiger partial charge in [0.1, 0.15) is 16.0 Å². The van der Waals surface area contributed by atoms with Crippen molar-refractivity contribution in [3.8, 4) is 0 Å². The molecule has 1 aromatic heterocycles. The molecule has 21 heavy (non-hydrogen) atoms. The Kier molecular flexibility index (Phi) is 6.73. The quantitative estimate of drug-likeness (QED) is 0.722. The van der Waals surface area contributed by atoms with Crippen LogP contribution in [0.25, 0.3) is 0 Å². The van der Waals surface area contributed by atoms with Gasteiger partial charge in [-0.1, -0.05) is 0 Å². The van der Waals surface area contributed by atoms with Gasteiger partial charge in [-0.2, -0.15) is 0 Å². The van der Waals surface area contributed by atoms with Gasteiger partial charge in [0, 0.05) is 0 Å². The molecule has 118 valence electrons. The second kappa shape index (κ2) is 8.06. The molecule has 1 heterocycles. The lowest BCUT2D eigenvalue weighted by molar-refractivity contribution is -0.147. The Morgan fingerprint density at radius 1 is 1.24 bits per heavy atom. The average Bonchev–Trinajstić information content (AvgIpc) is 2.80. The van der Waals surface area contributed by atoms with E-state index in [4.69, 9.17) is 9.47 Å². The van der Waals surface area contributed by atoms with Gasteiger partial charge in [-0.15, -0.1) is 11.3 Å². The zero-order valence-corrected chi connectivity index (χ0v) is 13.0. The highest BCUT2D eigenvalue weighted by atomic mass is 32.1. The van der Waals surface area contributed by atoms with Crippen LogP contribution in [-0.4, -0.2) is 46.5 Å². The van der Waals surface area contributed by atoms with Gasteiger partial charge in [0.2, 0.25) is 0 Å². The zero-order valence-electron chi connectivity index (χ0n) is 12.2. The highest BCUT2D eigenvalue weighted by Crippen LogP contribution is 2.27. The highest BCUT2D eigenvalue weighted by molar-refractivity contribution is 7.13. The summed E-state index contributed by atoms with van der Waals surface area (Å²) in [4.78, 5) is 27.3. The zero-order chi connectivity index (χ0) is 16.0. The van der Waals surface area contributed by atoms with Crippen molar-refractivity contribution < 1.29 is 29.3 Å². The van der Waals surface area contributed by atoms with Gasteiger partial charge in [0.25, 0.3) is 0 Å². The van der Waals surface area contributed by atoms with E-state index in [9.17, 15) is 19.8 Å². The van der Waals surface area contributed by atoms with Crippen molar-refractivity contribution in [2.24, 2.45) is 0 Å². The van der Waals surface area contributed by atoms with E-state index >= 15 is 0 Å². The molecule has 8 heteroatoms. The molecule has 0 aliphatic rings. The van der Waals surface area contributed by atoms with Crippen molar-refractivity contribution in [3.05, 3.63) is 15.6 Å². The molecule has 0 saturated heterocycles. The Balaban J connectivity index is 2.78. The summed E-state index contributed by atoms with van der Waals surface area (Å²) in [7, 11) is 0. The Hall–Kier alpha value is -1.51. The predicted molar refractivity (Wildman–Crippen MR) is 75.0 cm³/mol. The first kappa shape index (κ1) is 17.5. The summed E-state index contributed by atoms with van der Waals surface area (Å²) in [5.74, 6) is -1.13. The number of aryl methyl sites for hydroxylation is 1. The van der Waals surface area contributed by atoms with Crippen molar-refractivity contribution in [1.82, 2.24) is 4.98 Å². The first-order valence-electron chi connectivity index (χ1n) is 6.56. The third-order valence-corrected chi connectivity index (χ3v) is 3.78. The van der Waals surface area contributed by atoms with Crippen LogP contribution in [0.4, 0.5) is 0 Å². The van der Waals surface area contributed by atoms with E-state index < -0.39 is 24.1 Å². The van der Waals surface area contributed by atoms with Gasteiger partial charge in [-0.25, -0.2) is 9.78 Å². The van der Waals surface area contributed by atoms with Crippen LogP contribution in [0.1, 0.15) is 46.7 Å². The Morgan fingerprint density at radius 3 is 2.43 bits per heavy atom. The van der Waals surface area contributed by atoms with Crippen LogP contribution >= 0.6 is 11.3 Å². The summed E-state index contributed by atoms with van der Waals surface area (Å²) in [6, 6.07) is 0. The molecule has 1 aromatic rings. The molecule has 0 fully saturated rings. The number of rotatable bonds is 7. The third-order valence-electron chi connectivity index (χ3n) is 2.57. The number of hydrogen-bond acceptors (Lipinski definition) is 8. The van der Waals surface area contributed by atoms with Gasteiger partial charge < -0.3 is 19.7 Å². The summed E-state index contributed by atoms with van der Waals surface area (Å²) < 4.78 is 9.57. The minimum atomic E-state index is -1.36. The summed E-state index contributed by atoms with van der Waals surface area (Å²) >= 11 is 0.937. The maximum Gasteiger partial charge on any atom is 0.350 e. The summed E-state index contributed by atoms with van der Waals surface area (Å²) in [5, 5.41) is 20.0. The van der Waals surface area contributed by atoms with E-state index in [0.717, 1.165) is 11.3 Å². The van der Waals surface area contributed by atoms with Crippen LogP contribution in [0.5, 0.6) is 0 Å². The van der Waals surface area contributed by atoms with Gasteiger partial charge in [0.15, 0.2) is 0 Å². The lowest BCUT2D eigenvalue weighted by Crippen LogP contribution is -2.23. The number of aliphatic hydroxyl groups is 2. The lowest BCUT2D eigenvalue weighted by Gasteiger charge is -2.14. The fraction of sp³-hybridized carbons (Fsp3) is 0.615. The maximum atomic E-state index is 11.7. The Bertz CT molecular complexity index is 501. The number of hydrogen-bond donors (Lipinski definition) is 2. The van der Waals surface area contributed by atoms with Gasteiger partial charge in [-0.05, 0) is 20.8 Å². The number of carbonyl (C=O) groups excluding carboxylic acids is 2. The van der Waals surface area contributed by atoms with Gasteiger partial charge >= 0.3 is 11.9 Å². The molecule has 2 atom stereocenters. The van der Waals surface area contributed by atoms with Gasteiger partial charge in [0.05, 0.1) is 31.4 Å². The van der Waals surface area contributed by atoms with Crippen molar-refractivity contribution in [3.63, 3.8) is 0 Å². The second-order valence-corrected chi connectivity index (χ2v) is 5.24. The molecule has 2 N–H and O–H groups in total. The summed E-state index contributed by atoms with van der Waals surface area (Å²) in [5.41, 5.74) is 0.413. The second-order valence-electron chi connectivity index (χ2n) is 4.21. The van der Waals surface area contributed by atoms with E-state index in [1.807, 2.05) is 0 Å². The summed E-state index contributed by atoms with van der Waals surface area (Å²) in [6.07, 6.45) is -3.05. The van der Waals surface area contributed by atoms with E-state index in [1.54, 1.807) is 20.8 Å². The monoisotopic (exact) mass is 317 g/mol. The van der Waals surface area contributed by atoms with Crippen LogP contribution in [0.15, 0.2) is 0 Å². The Labute approximate surface area is 126 Å². The maximum absolute atomic E-state index is 11.7. The topological polar surface area (TPSA) is 106 Å². The van der Waals surface area contributed by atoms with E-state index in [0.29, 0.717) is 5.69 Å². The van der Waals surface area contributed by atoms with Gasteiger partial charge in [-0.3, -0.25) is 4.79 Å². The standard InChI is InChI=1S/C13H19NO6S/c1-4-19-9(16)6-8(15)10(17)12-14-7(3)11(21-12)13(18)20-5-2/h8,10,15,17H,4-6H2,1-3H3. The molecule has 0 radical (unpaired) electrons. The predicted octanol–water partition coefficient (Wildman–Crippen LogP) is 0.976. The van der Waals surface area contributed by atoms with Crippen LogP contribution in [0, 0.1) is 6.92 Å². The fourth-order valence-electron chi connectivity index (χ4n) is 1.60. The van der Waals surface area contributed by atoms with Crippen LogP contribution in [0.3, 0.4) is 0 Å². The number of thiazole rings is 1. The fourth-order valence-corrected chi connectivity index (χ4v) is 2.60. The first-order valence-corrected chi connectivity index (χ1v) is 7.38. The van der Waals surface area contributed by atoms with Crippen molar-refractivity contribution >= 4 is 23.3 Å². The number of aromatic nitrogens is 1. The minimum absolute atomic E-state index is 0.160. The lowest BCUT2D eigenvalue weighted by atomic mass is 10.1. The molecule has 0 spiro atoms. The first-order chi connectivity index (χ1) is 9.90. The SMILES string of the molecule is CCOC(=O)CC(O)C(O)c1nc(C)c(C(=O)OCC)s1. The molecule has 0 aliphatic carbocycles. The summed E-state index contributed by atoms with van der Waals surface area (Å²) in [6.45, 7) is 5.38. The van der Waals surface area contributed by atoms with E-state index in [2.05, 4.69) is 4.98 Å². The number of esters is 2. The van der Waals surface area contributed by atoms with Crippen molar-refractivity contribution in [2.45, 2.75) is 39.4 Å². The van der Waals surface area contributed by atoms with Crippen molar-refractivity contribution in [1.29, 1.82) is 0 Å². The van der Waals surface area contributed by atoms with Crippen LogP contribution in [0.2, 0.25) is 0 Å². The molecule has 1 rings (SSSR count). The molecule has 0 bridgehead atoms. The molecule has 0 aromatic carbocycles. The average molecular weight is 317 g/mol. The molecule has 2 unspecified atom stereocenters. The van der Waals surface area contributed by atoms with E-state index in [1.165, 1.54) is 0 Å². The molecule has 0 aliphatic heterocycles. The number of carbonyl (C=O) groups is 2. The third kappa shape index (κ3) is 4.76. The van der Waals surface area contributed by atoms with E-state index in [-0.39, 0.29) is 29.5 Å². The molecule has 7 nitrogen and oxygen atoms in total. The Morgan fingerprint density at radius 2 is 1.86 bits per heavy atom. The van der Waals surface area contributed by atoms with Crippen molar-refractivity contribution in [2.75, 3.05) is 13.2 Å². The molecular weight excluding hydrogens is 298 g/mol.